The molecule has 0 N–H and O–H groups in total. The lowest BCUT2D eigenvalue weighted by Gasteiger charge is -2.10. The van der Waals surface area contributed by atoms with Crippen LogP contribution in [0.15, 0.2) is 12.1 Å². The topological polar surface area (TPSA) is 43.4 Å². The Morgan fingerprint density at radius 1 is 1.31 bits per heavy atom. The lowest BCUT2D eigenvalue weighted by molar-refractivity contribution is -0.112. The summed E-state index contributed by atoms with van der Waals surface area (Å²) in [6.07, 6.45) is 0. The maximum atomic E-state index is 11.8. The number of alkyl halides is 1. The maximum Gasteiger partial charge on any atom is 0.233 e. The van der Waals surface area contributed by atoms with E-state index in [-0.39, 0.29) is 5.33 Å². The fourth-order valence-corrected chi connectivity index (χ4v) is 1.86. The molecule has 0 amide bonds. The van der Waals surface area contributed by atoms with Gasteiger partial charge in [-0.05, 0) is 31.0 Å². The predicted octanol–water partition coefficient (Wildman–Crippen LogP) is 2.46. The zero-order valence-electron chi connectivity index (χ0n) is 9.46. The van der Waals surface area contributed by atoms with Crippen molar-refractivity contribution < 1.29 is 14.3 Å². The Morgan fingerprint density at radius 2 is 1.94 bits per heavy atom. The highest BCUT2D eigenvalue weighted by atomic mass is 79.9. The number of Topliss-reactive ketones (excluding diaryl/α,β-unsaturated/α-hetero) is 2. The van der Waals surface area contributed by atoms with Gasteiger partial charge in [0.2, 0.25) is 11.6 Å². The minimum Gasteiger partial charge on any atom is -0.496 e. The third-order valence-corrected chi connectivity index (χ3v) is 2.75. The van der Waals surface area contributed by atoms with E-state index in [1.165, 1.54) is 7.11 Å². The number of benzene rings is 1. The Bertz CT molecular complexity index is 438. The summed E-state index contributed by atoms with van der Waals surface area (Å²) in [5.41, 5.74) is 2.13. The Hall–Kier alpha value is -1.16. The molecule has 4 heteroatoms. The van der Waals surface area contributed by atoms with E-state index in [2.05, 4.69) is 15.9 Å². The summed E-state index contributed by atoms with van der Waals surface area (Å²) in [4.78, 5) is 23.2. The van der Waals surface area contributed by atoms with Gasteiger partial charge in [0.15, 0.2) is 0 Å². The summed E-state index contributed by atoms with van der Waals surface area (Å²) >= 11 is 2.98. The molecule has 0 aliphatic carbocycles. The molecule has 0 aliphatic heterocycles. The Kier molecular flexibility index (Phi) is 4.24. The predicted molar refractivity (Wildman–Crippen MR) is 65.6 cm³/mol. The van der Waals surface area contributed by atoms with Gasteiger partial charge in [0.25, 0.3) is 0 Å². The van der Waals surface area contributed by atoms with Crippen LogP contribution in [-0.4, -0.2) is 24.0 Å². The smallest absolute Gasteiger partial charge is 0.233 e. The zero-order valence-corrected chi connectivity index (χ0v) is 11.1. The first kappa shape index (κ1) is 12.9. The summed E-state index contributed by atoms with van der Waals surface area (Å²) in [6.45, 7) is 3.73. The minimum absolute atomic E-state index is 0.0297. The number of halogens is 1. The van der Waals surface area contributed by atoms with Crippen LogP contribution in [0.5, 0.6) is 5.75 Å². The molecule has 0 fully saturated rings. The molecule has 0 aromatic heterocycles. The summed E-state index contributed by atoms with van der Waals surface area (Å²) in [5, 5.41) is 0.0297. The monoisotopic (exact) mass is 284 g/mol. The van der Waals surface area contributed by atoms with Crippen LogP contribution in [0.1, 0.15) is 21.5 Å². The molecule has 0 bridgehead atoms. The molecular formula is C12H13BrO3. The molecule has 0 unspecified atom stereocenters. The van der Waals surface area contributed by atoms with Gasteiger partial charge in [0.1, 0.15) is 5.75 Å². The van der Waals surface area contributed by atoms with Crippen molar-refractivity contribution in [1.29, 1.82) is 0 Å². The van der Waals surface area contributed by atoms with E-state index in [1.54, 1.807) is 6.07 Å². The number of aryl methyl sites for hydroxylation is 2. The standard InChI is InChI=1S/C12H13BrO3/c1-7-4-8(2)12(16-3)9(5-7)11(15)10(14)6-13/h4-5H,6H2,1-3H3. The van der Waals surface area contributed by atoms with E-state index in [0.717, 1.165) is 11.1 Å². The van der Waals surface area contributed by atoms with Gasteiger partial charge in [0.05, 0.1) is 18.0 Å². The SMILES string of the molecule is COc1c(C)cc(C)cc1C(=O)C(=O)CBr. The molecule has 3 nitrogen and oxygen atoms in total. The first-order valence-electron chi connectivity index (χ1n) is 4.80. The van der Waals surface area contributed by atoms with Gasteiger partial charge in [-0.1, -0.05) is 22.0 Å². The molecular weight excluding hydrogens is 272 g/mol. The molecule has 0 saturated heterocycles. The molecule has 0 aliphatic rings. The number of methoxy groups -OCH3 is 1. The average Bonchev–Trinajstić information content (AvgIpc) is 2.26. The van der Waals surface area contributed by atoms with Crippen molar-refractivity contribution in [3.8, 4) is 5.75 Å². The Labute approximate surface area is 103 Å². The lowest BCUT2D eigenvalue weighted by Crippen LogP contribution is -2.16. The summed E-state index contributed by atoms with van der Waals surface area (Å²) < 4.78 is 5.16. The van der Waals surface area contributed by atoms with Gasteiger partial charge >= 0.3 is 0 Å². The fraction of sp³-hybridized carbons (Fsp3) is 0.333. The minimum atomic E-state index is -0.513. The number of carbonyl (C=O) groups is 2. The third kappa shape index (κ3) is 2.50. The van der Waals surface area contributed by atoms with E-state index < -0.39 is 11.6 Å². The van der Waals surface area contributed by atoms with Crippen molar-refractivity contribution in [2.24, 2.45) is 0 Å². The van der Waals surface area contributed by atoms with E-state index in [9.17, 15) is 9.59 Å². The van der Waals surface area contributed by atoms with Gasteiger partial charge in [-0.2, -0.15) is 0 Å². The molecule has 0 radical (unpaired) electrons. The number of ether oxygens (including phenoxy) is 1. The highest BCUT2D eigenvalue weighted by Gasteiger charge is 2.20. The molecule has 16 heavy (non-hydrogen) atoms. The highest BCUT2D eigenvalue weighted by molar-refractivity contribution is 9.09. The maximum absolute atomic E-state index is 11.8. The molecule has 0 spiro atoms. The number of hydrogen-bond acceptors (Lipinski definition) is 3. The van der Waals surface area contributed by atoms with Crippen molar-refractivity contribution in [2.45, 2.75) is 13.8 Å². The second-order valence-corrected chi connectivity index (χ2v) is 4.11. The first-order valence-corrected chi connectivity index (χ1v) is 5.92. The van der Waals surface area contributed by atoms with Crippen LogP contribution < -0.4 is 4.74 Å². The first-order chi connectivity index (χ1) is 7.51. The molecule has 1 rings (SSSR count). The van der Waals surface area contributed by atoms with Gasteiger partial charge in [-0.25, -0.2) is 0 Å². The third-order valence-electron chi connectivity index (χ3n) is 2.24. The molecule has 1 aromatic carbocycles. The van der Waals surface area contributed by atoms with E-state index >= 15 is 0 Å². The second kappa shape index (κ2) is 5.25. The van der Waals surface area contributed by atoms with Crippen LogP contribution in [0, 0.1) is 13.8 Å². The van der Waals surface area contributed by atoms with Gasteiger partial charge in [-0.15, -0.1) is 0 Å². The highest BCUT2D eigenvalue weighted by Crippen LogP contribution is 2.25. The van der Waals surface area contributed by atoms with Gasteiger partial charge < -0.3 is 4.74 Å². The molecule has 0 atom stereocenters. The zero-order chi connectivity index (χ0) is 12.3. The van der Waals surface area contributed by atoms with Crippen molar-refractivity contribution in [2.75, 3.05) is 12.4 Å². The van der Waals surface area contributed by atoms with Crippen LogP contribution in [0.2, 0.25) is 0 Å². The summed E-state index contributed by atoms with van der Waals surface area (Å²) in [7, 11) is 1.49. The van der Waals surface area contributed by atoms with Gasteiger partial charge in [0, 0.05) is 0 Å². The molecule has 1 aromatic rings. The number of hydrogen-bond donors (Lipinski definition) is 0. The molecule has 86 valence electrons. The fourth-order valence-electron chi connectivity index (χ4n) is 1.60. The Morgan fingerprint density at radius 3 is 2.44 bits per heavy atom. The lowest BCUT2D eigenvalue weighted by atomic mass is 10.0. The van der Waals surface area contributed by atoms with Crippen LogP contribution in [0.4, 0.5) is 0 Å². The molecule has 0 saturated carbocycles. The largest absolute Gasteiger partial charge is 0.496 e. The van der Waals surface area contributed by atoms with Crippen LogP contribution in [0.3, 0.4) is 0 Å². The van der Waals surface area contributed by atoms with Crippen LogP contribution in [0.25, 0.3) is 0 Å². The van der Waals surface area contributed by atoms with Crippen molar-refractivity contribution >= 4 is 27.5 Å². The molecule has 0 heterocycles. The Balaban J connectivity index is 3.31. The van der Waals surface area contributed by atoms with E-state index in [0.29, 0.717) is 11.3 Å². The van der Waals surface area contributed by atoms with Crippen molar-refractivity contribution in [1.82, 2.24) is 0 Å². The van der Waals surface area contributed by atoms with E-state index in [1.807, 2.05) is 19.9 Å². The summed E-state index contributed by atoms with van der Waals surface area (Å²) in [6, 6.07) is 3.59. The number of ketones is 2. The van der Waals surface area contributed by atoms with E-state index in [4.69, 9.17) is 4.74 Å². The average molecular weight is 285 g/mol. The van der Waals surface area contributed by atoms with Crippen LogP contribution in [-0.2, 0) is 4.79 Å². The number of rotatable bonds is 4. The van der Waals surface area contributed by atoms with Crippen molar-refractivity contribution in [3.05, 3.63) is 28.8 Å². The quantitative estimate of drug-likeness (QED) is 0.485. The second-order valence-electron chi connectivity index (χ2n) is 3.55. The summed E-state index contributed by atoms with van der Waals surface area (Å²) in [5.74, 6) is -0.506. The van der Waals surface area contributed by atoms with Crippen LogP contribution >= 0.6 is 15.9 Å². The number of carbonyl (C=O) groups excluding carboxylic acids is 2. The normalized spacial score (nSPS) is 10.0. The van der Waals surface area contributed by atoms with Crippen molar-refractivity contribution in [3.63, 3.8) is 0 Å². The van der Waals surface area contributed by atoms with Gasteiger partial charge in [-0.3, -0.25) is 9.59 Å².